The third kappa shape index (κ3) is 8.30. The smallest absolute Gasteiger partial charge is 0.302 e. The first-order valence-electron chi connectivity index (χ1n) is 4.44. The van der Waals surface area contributed by atoms with Crippen LogP contribution in [0.2, 0.25) is 0 Å². The van der Waals surface area contributed by atoms with E-state index in [0.717, 1.165) is 6.42 Å². The lowest BCUT2D eigenvalue weighted by molar-refractivity contribution is -0.140. The molecule has 1 atom stereocenters. The van der Waals surface area contributed by atoms with Gasteiger partial charge in [-0.3, -0.25) is 4.79 Å². The zero-order valence-corrected chi connectivity index (χ0v) is 9.96. The van der Waals surface area contributed by atoms with Crippen molar-refractivity contribution in [1.82, 2.24) is 0 Å². The molecular formula is C9H17IO2. The molecule has 0 saturated carbocycles. The Bertz CT molecular complexity index is 126. The summed E-state index contributed by atoms with van der Waals surface area (Å²) in [5, 5.41) is 0. The summed E-state index contributed by atoms with van der Waals surface area (Å²) in [6, 6.07) is 0. The zero-order valence-electron chi connectivity index (χ0n) is 7.81. The molecule has 0 aromatic heterocycles. The highest BCUT2D eigenvalue weighted by molar-refractivity contribution is 14.1. The van der Waals surface area contributed by atoms with Crippen molar-refractivity contribution < 1.29 is 9.53 Å². The minimum atomic E-state index is -0.174. The molecule has 1 unspecified atom stereocenters. The van der Waals surface area contributed by atoms with Gasteiger partial charge in [-0.1, -0.05) is 48.8 Å². The van der Waals surface area contributed by atoms with Crippen LogP contribution in [0.1, 0.15) is 39.5 Å². The minimum Gasteiger partial charge on any atom is -0.465 e. The van der Waals surface area contributed by atoms with E-state index in [9.17, 15) is 4.79 Å². The van der Waals surface area contributed by atoms with E-state index in [1.54, 1.807) is 0 Å². The fourth-order valence-electron chi connectivity index (χ4n) is 0.907. The van der Waals surface area contributed by atoms with Crippen molar-refractivity contribution in [3.8, 4) is 0 Å². The molecule has 0 N–H and O–H groups in total. The number of rotatable bonds is 6. The summed E-state index contributed by atoms with van der Waals surface area (Å²) in [7, 11) is 0. The molecule has 0 aromatic rings. The van der Waals surface area contributed by atoms with E-state index < -0.39 is 0 Å². The van der Waals surface area contributed by atoms with Crippen molar-refractivity contribution >= 4 is 28.6 Å². The minimum absolute atomic E-state index is 0.174. The zero-order chi connectivity index (χ0) is 9.40. The molecule has 0 bridgehead atoms. The number of alkyl halides is 1. The average molecular weight is 284 g/mol. The van der Waals surface area contributed by atoms with Crippen LogP contribution in [-0.4, -0.2) is 16.5 Å². The molecule has 0 saturated heterocycles. The lowest BCUT2D eigenvalue weighted by Crippen LogP contribution is -2.11. The molecule has 0 aliphatic carbocycles. The van der Waals surface area contributed by atoms with Crippen molar-refractivity contribution in [3.63, 3.8) is 0 Å². The van der Waals surface area contributed by atoms with Gasteiger partial charge in [0.2, 0.25) is 0 Å². The lowest BCUT2D eigenvalue weighted by Gasteiger charge is -2.08. The summed E-state index contributed by atoms with van der Waals surface area (Å²) in [6.45, 7) is 4.21. The Hall–Kier alpha value is 0.200. The van der Waals surface area contributed by atoms with Crippen molar-refractivity contribution in [1.29, 1.82) is 0 Å². The molecule has 0 amide bonds. The van der Waals surface area contributed by atoms with E-state index in [-0.39, 0.29) is 5.97 Å². The number of esters is 1. The molecule has 12 heavy (non-hydrogen) atoms. The second-order valence-corrected chi connectivity index (χ2v) is 4.66. The second kappa shape index (κ2) is 7.83. The predicted molar refractivity (Wildman–Crippen MR) is 58.6 cm³/mol. The highest BCUT2D eigenvalue weighted by Crippen LogP contribution is 2.11. The van der Waals surface area contributed by atoms with Crippen LogP contribution >= 0.6 is 22.6 Å². The number of carbonyl (C=O) groups excluding carboxylic acids is 1. The van der Waals surface area contributed by atoms with E-state index >= 15 is 0 Å². The van der Waals surface area contributed by atoms with Gasteiger partial charge < -0.3 is 4.74 Å². The van der Waals surface area contributed by atoms with E-state index in [1.165, 1.54) is 26.2 Å². The lowest BCUT2D eigenvalue weighted by atomic mass is 10.2. The Morgan fingerprint density at radius 1 is 1.50 bits per heavy atom. The first-order chi connectivity index (χ1) is 5.66. The van der Waals surface area contributed by atoms with Gasteiger partial charge in [0.05, 0.1) is 0 Å². The Balaban J connectivity index is 3.21. The van der Waals surface area contributed by atoms with Crippen LogP contribution in [0.25, 0.3) is 0 Å². The molecule has 0 heterocycles. The average Bonchev–Trinajstić information content (AvgIpc) is 2.01. The van der Waals surface area contributed by atoms with Crippen LogP contribution < -0.4 is 0 Å². The summed E-state index contributed by atoms with van der Waals surface area (Å²) >= 11 is 2.34. The van der Waals surface area contributed by atoms with Crippen LogP contribution in [0, 0.1) is 0 Å². The summed E-state index contributed by atoms with van der Waals surface area (Å²) in [4.78, 5) is 10.5. The summed E-state index contributed by atoms with van der Waals surface area (Å²) in [5.74, 6) is -0.174. The molecule has 3 heteroatoms. The van der Waals surface area contributed by atoms with Crippen LogP contribution in [-0.2, 0) is 9.53 Å². The third-order valence-electron chi connectivity index (χ3n) is 1.59. The van der Waals surface area contributed by atoms with E-state index in [4.69, 9.17) is 4.74 Å². The van der Waals surface area contributed by atoms with Crippen molar-refractivity contribution in [2.24, 2.45) is 0 Å². The fraction of sp³-hybridized carbons (Fsp3) is 0.889. The molecule has 0 spiro atoms. The van der Waals surface area contributed by atoms with Gasteiger partial charge in [0.1, 0.15) is 6.61 Å². The normalized spacial score (nSPS) is 12.6. The molecule has 2 nitrogen and oxygen atoms in total. The topological polar surface area (TPSA) is 26.3 Å². The monoisotopic (exact) mass is 284 g/mol. The van der Waals surface area contributed by atoms with Gasteiger partial charge in [-0.05, 0) is 6.42 Å². The maximum absolute atomic E-state index is 10.5. The van der Waals surface area contributed by atoms with Crippen LogP contribution in [0.5, 0.6) is 0 Å². The Morgan fingerprint density at radius 3 is 2.67 bits per heavy atom. The number of unbranched alkanes of at least 4 members (excludes halogenated alkanes) is 2. The molecule has 0 aliphatic heterocycles. The maximum atomic E-state index is 10.5. The number of hydrogen-bond donors (Lipinski definition) is 0. The van der Waals surface area contributed by atoms with Crippen LogP contribution in [0.3, 0.4) is 0 Å². The molecule has 0 radical (unpaired) electrons. The maximum Gasteiger partial charge on any atom is 0.302 e. The highest BCUT2D eigenvalue weighted by Gasteiger charge is 2.04. The van der Waals surface area contributed by atoms with Gasteiger partial charge in [-0.15, -0.1) is 0 Å². The largest absolute Gasteiger partial charge is 0.465 e. The Labute approximate surface area is 88.2 Å². The number of ether oxygens (including phenoxy) is 1. The number of carbonyl (C=O) groups is 1. The van der Waals surface area contributed by atoms with Gasteiger partial charge in [-0.25, -0.2) is 0 Å². The van der Waals surface area contributed by atoms with Gasteiger partial charge in [0.25, 0.3) is 0 Å². The van der Waals surface area contributed by atoms with Crippen molar-refractivity contribution in [3.05, 3.63) is 0 Å². The third-order valence-corrected chi connectivity index (χ3v) is 2.57. The van der Waals surface area contributed by atoms with Gasteiger partial charge >= 0.3 is 5.97 Å². The SMILES string of the molecule is CCCCCC(I)COC(C)=O. The summed E-state index contributed by atoms with van der Waals surface area (Å²) in [5.41, 5.74) is 0. The van der Waals surface area contributed by atoms with Crippen LogP contribution in [0.4, 0.5) is 0 Å². The molecule has 0 fully saturated rings. The van der Waals surface area contributed by atoms with Gasteiger partial charge in [0.15, 0.2) is 0 Å². The summed E-state index contributed by atoms with van der Waals surface area (Å²) < 4.78 is 5.37. The molecule has 0 rings (SSSR count). The quantitative estimate of drug-likeness (QED) is 0.324. The van der Waals surface area contributed by atoms with E-state index in [1.807, 2.05) is 0 Å². The fourth-order valence-corrected chi connectivity index (χ4v) is 1.53. The Morgan fingerprint density at radius 2 is 2.17 bits per heavy atom. The standard InChI is InChI=1S/C9H17IO2/c1-3-4-5-6-9(10)7-12-8(2)11/h9H,3-7H2,1-2H3. The van der Waals surface area contributed by atoms with Gasteiger partial charge in [0, 0.05) is 10.8 Å². The second-order valence-electron chi connectivity index (χ2n) is 2.90. The number of hydrogen-bond acceptors (Lipinski definition) is 2. The first-order valence-corrected chi connectivity index (χ1v) is 5.68. The first kappa shape index (κ1) is 12.2. The van der Waals surface area contributed by atoms with Crippen molar-refractivity contribution in [2.75, 3.05) is 6.61 Å². The van der Waals surface area contributed by atoms with Crippen molar-refractivity contribution in [2.45, 2.75) is 43.5 Å². The molecular weight excluding hydrogens is 267 g/mol. The summed E-state index contributed by atoms with van der Waals surface area (Å²) in [6.07, 6.45) is 4.92. The molecule has 0 aromatic carbocycles. The number of halogens is 1. The van der Waals surface area contributed by atoms with Crippen LogP contribution in [0.15, 0.2) is 0 Å². The molecule has 72 valence electrons. The predicted octanol–water partition coefficient (Wildman–Crippen LogP) is 2.93. The van der Waals surface area contributed by atoms with E-state index in [0.29, 0.717) is 10.5 Å². The van der Waals surface area contributed by atoms with E-state index in [2.05, 4.69) is 29.5 Å². The Kier molecular flexibility index (Phi) is 7.96. The molecule has 0 aliphatic rings. The van der Waals surface area contributed by atoms with Gasteiger partial charge in [-0.2, -0.15) is 0 Å². The highest BCUT2D eigenvalue weighted by atomic mass is 127.